The lowest BCUT2D eigenvalue weighted by atomic mass is 10.1. The second-order valence-electron chi connectivity index (χ2n) is 9.01. The summed E-state index contributed by atoms with van der Waals surface area (Å²) in [5.74, 6) is 0.537. The number of carbonyl (C=O) groups excluding carboxylic acids is 2. The summed E-state index contributed by atoms with van der Waals surface area (Å²) >= 11 is 6.02. The molecular formula is C25H29ClN6O2. The molecule has 2 fully saturated rings. The van der Waals surface area contributed by atoms with E-state index in [2.05, 4.69) is 44.3 Å². The van der Waals surface area contributed by atoms with Crippen LogP contribution in [0, 0.1) is 0 Å². The fourth-order valence-corrected chi connectivity index (χ4v) is 4.99. The van der Waals surface area contributed by atoms with Crippen LogP contribution >= 0.6 is 11.6 Å². The van der Waals surface area contributed by atoms with Crippen LogP contribution in [-0.4, -0.2) is 89.5 Å². The van der Waals surface area contributed by atoms with Gasteiger partial charge in [0.2, 0.25) is 0 Å². The molecule has 34 heavy (non-hydrogen) atoms. The molecule has 3 aliphatic rings. The Hall–Kier alpha value is -3.10. The zero-order valence-electron chi connectivity index (χ0n) is 19.2. The summed E-state index contributed by atoms with van der Waals surface area (Å²) in [5, 5.41) is 3.23. The highest BCUT2D eigenvalue weighted by atomic mass is 35.5. The van der Waals surface area contributed by atoms with Crippen LogP contribution in [-0.2, 0) is 17.8 Å². The number of amides is 3. The highest BCUT2D eigenvalue weighted by Crippen LogP contribution is 2.26. The molecule has 8 nitrogen and oxygen atoms in total. The summed E-state index contributed by atoms with van der Waals surface area (Å²) < 4.78 is 0. The lowest BCUT2D eigenvalue weighted by Crippen LogP contribution is -2.64. The van der Waals surface area contributed by atoms with Crippen LogP contribution in [0.1, 0.15) is 11.1 Å². The summed E-state index contributed by atoms with van der Waals surface area (Å²) in [4.78, 5) is 38.3. The number of hydrogen-bond donors (Lipinski definition) is 1. The molecule has 3 aliphatic heterocycles. The maximum Gasteiger partial charge on any atom is 0.325 e. The lowest BCUT2D eigenvalue weighted by molar-refractivity contribution is -0.127. The molecule has 5 rings (SSSR count). The molecule has 0 spiro atoms. The zero-order chi connectivity index (χ0) is 23.7. The predicted octanol–water partition coefficient (Wildman–Crippen LogP) is 2.25. The SMILES string of the molecule is CN1C(=O)NC(=O)C2C1N=C(N1CCN(Cc3ccc(Cl)cc3)CC1)N2CCc1ccccc1. The van der Waals surface area contributed by atoms with Gasteiger partial charge < -0.3 is 14.7 Å². The molecule has 0 aromatic heterocycles. The minimum Gasteiger partial charge on any atom is -0.340 e. The third-order valence-electron chi connectivity index (χ3n) is 6.80. The molecule has 3 amide bonds. The van der Waals surface area contributed by atoms with Gasteiger partial charge in [-0.1, -0.05) is 54.1 Å². The fraction of sp³-hybridized carbons (Fsp3) is 0.400. The highest BCUT2D eigenvalue weighted by Gasteiger charge is 2.49. The first-order valence-corrected chi connectivity index (χ1v) is 12.0. The molecule has 9 heteroatoms. The van der Waals surface area contributed by atoms with Crippen LogP contribution in [0.5, 0.6) is 0 Å². The van der Waals surface area contributed by atoms with E-state index in [1.54, 1.807) is 7.05 Å². The minimum atomic E-state index is -0.506. The third-order valence-corrected chi connectivity index (χ3v) is 7.05. The van der Waals surface area contributed by atoms with Crippen molar-refractivity contribution < 1.29 is 9.59 Å². The number of likely N-dealkylation sites (N-methyl/N-ethyl adjacent to an activating group) is 1. The van der Waals surface area contributed by atoms with Gasteiger partial charge in [0.1, 0.15) is 0 Å². The molecule has 0 saturated carbocycles. The monoisotopic (exact) mass is 480 g/mol. The Morgan fingerprint density at radius 2 is 1.68 bits per heavy atom. The number of benzene rings is 2. The van der Waals surface area contributed by atoms with Crippen molar-refractivity contribution in [2.45, 2.75) is 25.2 Å². The van der Waals surface area contributed by atoms with Crippen molar-refractivity contribution in [3.8, 4) is 0 Å². The molecular weight excluding hydrogens is 452 g/mol. The summed E-state index contributed by atoms with van der Waals surface area (Å²) in [5.41, 5.74) is 2.45. The van der Waals surface area contributed by atoms with Crippen molar-refractivity contribution in [2.75, 3.05) is 39.8 Å². The number of nitrogens with zero attached hydrogens (tertiary/aromatic N) is 5. The number of imide groups is 1. The Morgan fingerprint density at radius 1 is 0.971 bits per heavy atom. The number of piperazine rings is 1. The van der Waals surface area contributed by atoms with Crippen LogP contribution in [0.2, 0.25) is 5.02 Å². The lowest BCUT2D eigenvalue weighted by Gasteiger charge is -2.40. The normalized spacial score (nSPS) is 23.1. The van der Waals surface area contributed by atoms with Gasteiger partial charge in [-0.2, -0.15) is 0 Å². The average molecular weight is 481 g/mol. The molecule has 0 radical (unpaired) electrons. The van der Waals surface area contributed by atoms with Crippen molar-refractivity contribution in [1.82, 2.24) is 24.9 Å². The molecule has 2 aromatic carbocycles. The topological polar surface area (TPSA) is 71.5 Å². The molecule has 1 N–H and O–H groups in total. The largest absolute Gasteiger partial charge is 0.340 e. The number of halogens is 1. The van der Waals surface area contributed by atoms with Crippen LogP contribution in [0.25, 0.3) is 0 Å². The van der Waals surface area contributed by atoms with E-state index in [1.807, 2.05) is 30.3 Å². The summed E-state index contributed by atoms with van der Waals surface area (Å²) in [6.07, 6.45) is 0.295. The van der Waals surface area contributed by atoms with Gasteiger partial charge >= 0.3 is 6.03 Å². The Morgan fingerprint density at radius 3 is 2.38 bits per heavy atom. The van der Waals surface area contributed by atoms with Gasteiger partial charge in [-0.25, -0.2) is 9.79 Å². The first kappa shape index (κ1) is 22.7. The number of rotatable bonds is 5. The van der Waals surface area contributed by atoms with E-state index in [4.69, 9.17) is 16.6 Å². The molecule has 2 atom stereocenters. The first-order chi connectivity index (χ1) is 16.5. The van der Waals surface area contributed by atoms with Crippen LogP contribution in [0.3, 0.4) is 0 Å². The maximum atomic E-state index is 12.9. The van der Waals surface area contributed by atoms with Crippen molar-refractivity contribution in [3.63, 3.8) is 0 Å². The third kappa shape index (κ3) is 4.60. The average Bonchev–Trinajstić information content (AvgIpc) is 3.24. The van der Waals surface area contributed by atoms with Gasteiger partial charge in [0.15, 0.2) is 18.2 Å². The molecule has 2 saturated heterocycles. The molecule has 0 bridgehead atoms. The van der Waals surface area contributed by atoms with Crippen LogP contribution < -0.4 is 5.32 Å². The summed E-state index contributed by atoms with van der Waals surface area (Å²) in [6, 6.07) is 17.3. The van der Waals surface area contributed by atoms with Crippen LogP contribution in [0.4, 0.5) is 4.79 Å². The van der Waals surface area contributed by atoms with Gasteiger partial charge in [-0.15, -0.1) is 0 Å². The van der Waals surface area contributed by atoms with E-state index in [9.17, 15) is 9.59 Å². The van der Waals surface area contributed by atoms with Gasteiger partial charge in [-0.3, -0.25) is 15.0 Å². The van der Waals surface area contributed by atoms with E-state index in [-0.39, 0.29) is 5.91 Å². The van der Waals surface area contributed by atoms with E-state index in [0.717, 1.165) is 50.1 Å². The molecule has 178 valence electrons. The van der Waals surface area contributed by atoms with Crippen LogP contribution in [0.15, 0.2) is 59.6 Å². The van der Waals surface area contributed by atoms with Gasteiger partial charge in [0.25, 0.3) is 5.91 Å². The smallest absolute Gasteiger partial charge is 0.325 e. The van der Waals surface area contributed by atoms with Crippen molar-refractivity contribution >= 4 is 29.5 Å². The van der Waals surface area contributed by atoms with E-state index >= 15 is 0 Å². The molecule has 3 heterocycles. The number of aliphatic imine (C=N–C) groups is 1. The number of urea groups is 1. The highest BCUT2D eigenvalue weighted by molar-refractivity contribution is 6.30. The van der Waals surface area contributed by atoms with E-state index in [0.29, 0.717) is 6.54 Å². The Balaban J connectivity index is 1.30. The quantitative estimate of drug-likeness (QED) is 0.710. The summed E-state index contributed by atoms with van der Waals surface area (Å²) in [6.45, 7) is 4.94. The first-order valence-electron chi connectivity index (χ1n) is 11.7. The zero-order valence-corrected chi connectivity index (χ0v) is 20.0. The Kier molecular flexibility index (Phi) is 6.43. The molecule has 0 aliphatic carbocycles. The second kappa shape index (κ2) is 9.64. The van der Waals surface area contributed by atoms with Crippen molar-refractivity contribution in [1.29, 1.82) is 0 Å². The predicted molar refractivity (Wildman–Crippen MR) is 131 cm³/mol. The van der Waals surface area contributed by atoms with Gasteiger partial charge in [0, 0.05) is 51.3 Å². The van der Waals surface area contributed by atoms with E-state index in [1.165, 1.54) is 16.0 Å². The molecule has 2 aromatic rings. The fourth-order valence-electron chi connectivity index (χ4n) is 4.86. The number of nitrogens with one attached hydrogen (secondary N) is 1. The number of hydrogen-bond acceptors (Lipinski definition) is 6. The van der Waals surface area contributed by atoms with Crippen molar-refractivity contribution in [2.24, 2.45) is 4.99 Å². The van der Waals surface area contributed by atoms with Gasteiger partial charge in [0.05, 0.1) is 0 Å². The Labute approximate surface area is 204 Å². The molecule has 2 unspecified atom stereocenters. The second-order valence-corrected chi connectivity index (χ2v) is 9.45. The summed E-state index contributed by atoms with van der Waals surface area (Å²) in [7, 11) is 1.70. The Bertz CT molecular complexity index is 1070. The maximum absolute atomic E-state index is 12.9. The number of fused-ring (bicyclic) bond motifs is 1. The van der Waals surface area contributed by atoms with E-state index < -0.39 is 18.2 Å². The van der Waals surface area contributed by atoms with Crippen molar-refractivity contribution in [3.05, 3.63) is 70.7 Å². The number of guanidine groups is 1. The minimum absolute atomic E-state index is 0.277. The number of carbonyl (C=O) groups is 2. The standard InChI is InChI=1S/C25H29ClN6O2/c1-29-22-21(23(33)28-25(29)34)32(12-11-18-5-3-2-4-6-18)24(27-22)31-15-13-30(14-16-31)17-19-7-9-20(26)10-8-19/h2-10,21-22H,11-17H2,1H3,(H,28,33,34). The van der Waals surface area contributed by atoms with Gasteiger partial charge in [-0.05, 0) is 29.7 Å².